The molecular formula is C18H18F4N6S. The van der Waals surface area contributed by atoms with Crippen LogP contribution in [0.25, 0.3) is 0 Å². The molecule has 11 heteroatoms. The molecule has 0 N–H and O–H groups in total. The molecule has 29 heavy (non-hydrogen) atoms. The number of hydrogen-bond donors (Lipinski definition) is 0. The predicted octanol–water partition coefficient (Wildman–Crippen LogP) is 3.28. The largest absolute Gasteiger partial charge is 0.443 e. The number of guanidine groups is 1. The van der Waals surface area contributed by atoms with Gasteiger partial charge in [0, 0.05) is 37.2 Å². The van der Waals surface area contributed by atoms with E-state index in [1.807, 2.05) is 0 Å². The van der Waals surface area contributed by atoms with Crippen LogP contribution in [0.4, 0.5) is 23.2 Å². The highest BCUT2D eigenvalue weighted by Gasteiger charge is 2.34. The summed E-state index contributed by atoms with van der Waals surface area (Å²) in [6.07, 6.45) is -2.82. The summed E-state index contributed by atoms with van der Waals surface area (Å²) in [6, 6.07) is 6.43. The Morgan fingerprint density at radius 3 is 2.28 bits per heavy atom. The highest BCUT2D eigenvalue weighted by molar-refractivity contribution is 7.09. The Labute approximate surface area is 168 Å². The second kappa shape index (κ2) is 7.97. The first-order valence-electron chi connectivity index (χ1n) is 8.98. The lowest BCUT2D eigenvalue weighted by atomic mass is 10.2. The van der Waals surface area contributed by atoms with E-state index < -0.39 is 11.2 Å². The zero-order valence-electron chi connectivity index (χ0n) is 15.3. The van der Waals surface area contributed by atoms with E-state index in [4.69, 9.17) is 0 Å². The van der Waals surface area contributed by atoms with Gasteiger partial charge in [0.15, 0.2) is 5.01 Å². The minimum absolute atomic E-state index is 0.227. The molecule has 0 atom stereocenters. The number of nitrogens with zero attached hydrogens (tertiary/aromatic N) is 6. The number of rotatable bonds is 3. The third-order valence-corrected chi connectivity index (χ3v) is 5.58. The number of piperazine rings is 1. The van der Waals surface area contributed by atoms with Gasteiger partial charge in [-0.15, -0.1) is 11.3 Å². The Morgan fingerprint density at radius 1 is 1.00 bits per heavy atom. The van der Waals surface area contributed by atoms with Crippen LogP contribution in [0.1, 0.15) is 10.7 Å². The minimum atomic E-state index is -4.42. The highest BCUT2D eigenvalue weighted by atomic mass is 32.1. The maximum Gasteiger partial charge on any atom is 0.443 e. The molecule has 0 aliphatic carbocycles. The SMILES string of the molecule is Fc1ccc(N2CCN(C3=NCN(Cc4csc(C(F)(F)F)n4)C=N3)CC2)cc1. The van der Waals surface area contributed by atoms with Gasteiger partial charge >= 0.3 is 6.18 Å². The fourth-order valence-corrected chi connectivity index (χ4v) is 3.85. The molecule has 1 saturated heterocycles. The van der Waals surface area contributed by atoms with E-state index in [0.29, 0.717) is 29.7 Å². The lowest BCUT2D eigenvalue weighted by Gasteiger charge is -2.37. The van der Waals surface area contributed by atoms with Gasteiger partial charge in [-0.25, -0.2) is 19.4 Å². The van der Waals surface area contributed by atoms with Gasteiger partial charge in [0.25, 0.3) is 0 Å². The third-order valence-electron chi connectivity index (χ3n) is 4.64. The van der Waals surface area contributed by atoms with Crippen molar-refractivity contribution in [1.29, 1.82) is 0 Å². The fourth-order valence-electron chi connectivity index (χ4n) is 3.17. The maximum atomic E-state index is 13.1. The Kier molecular flexibility index (Phi) is 5.39. The van der Waals surface area contributed by atoms with Gasteiger partial charge in [0.05, 0.1) is 18.6 Å². The molecule has 2 aliphatic heterocycles. The standard InChI is InChI=1S/C18H18F4N6S/c19-13-1-3-15(4-2-13)27-5-7-28(8-6-27)17-23-11-26(12-24-17)9-14-10-29-16(25-14)18(20,21)22/h1-4,10-11H,5-9,12H2. The summed E-state index contributed by atoms with van der Waals surface area (Å²) in [5, 5.41) is 0.564. The smallest absolute Gasteiger partial charge is 0.368 e. The van der Waals surface area contributed by atoms with E-state index in [-0.39, 0.29) is 12.4 Å². The van der Waals surface area contributed by atoms with Crippen molar-refractivity contribution in [3.8, 4) is 0 Å². The van der Waals surface area contributed by atoms with E-state index in [9.17, 15) is 17.6 Å². The van der Waals surface area contributed by atoms with E-state index in [1.165, 1.54) is 17.5 Å². The van der Waals surface area contributed by atoms with E-state index in [1.54, 1.807) is 23.4 Å². The first-order valence-corrected chi connectivity index (χ1v) is 9.86. The molecule has 2 aromatic rings. The van der Waals surface area contributed by atoms with Crippen molar-refractivity contribution >= 4 is 29.3 Å². The average Bonchev–Trinajstić information content (AvgIpc) is 3.19. The Balaban J connectivity index is 1.29. The van der Waals surface area contributed by atoms with Crippen LogP contribution in [-0.4, -0.2) is 59.9 Å². The maximum absolute atomic E-state index is 13.1. The molecule has 0 saturated carbocycles. The first kappa shape index (κ1) is 19.6. The lowest BCUT2D eigenvalue weighted by molar-refractivity contribution is -0.137. The molecule has 6 nitrogen and oxygen atoms in total. The van der Waals surface area contributed by atoms with Gasteiger partial charge in [-0.05, 0) is 24.3 Å². The zero-order valence-corrected chi connectivity index (χ0v) is 16.1. The van der Waals surface area contributed by atoms with Crippen molar-refractivity contribution in [3.63, 3.8) is 0 Å². The topological polar surface area (TPSA) is 47.3 Å². The lowest BCUT2D eigenvalue weighted by Crippen LogP contribution is -2.49. The van der Waals surface area contributed by atoms with Crippen molar-refractivity contribution in [2.45, 2.75) is 12.7 Å². The van der Waals surface area contributed by atoms with Crippen LogP contribution in [0.15, 0.2) is 39.6 Å². The Bertz CT molecular complexity index is 900. The van der Waals surface area contributed by atoms with E-state index in [0.717, 1.165) is 31.9 Å². The molecule has 1 aromatic carbocycles. The van der Waals surface area contributed by atoms with Crippen molar-refractivity contribution in [2.24, 2.45) is 9.98 Å². The van der Waals surface area contributed by atoms with Crippen LogP contribution >= 0.6 is 11.3 Å². The second-order valence-electron chi connectivity index (χ2n) is 6.68. The van der Waals surface area contributed by atoms with Crippen molar-refractivity contribution < 1.29 is 17.6 Å². The number of benzene rings is 1. The molecule has 154 valence electrons. The summed E-state index contributed by atoms with van der Waals surface area (Å²) in [4.78, 5) is 18.4. The van der Waals surface area contributed by atoms with Gasteiger partial charge in [0.1, 0.15) is 12.5 Å². The first-order chi connectivity index (χ1) is 13.9. The number of halogens is 4. The molecule has 0 unspecified atom stereocenters. The second-order valence-corrected chi connectivity index (χ2v) is 7.54. The summed E-state index contributed by atoms with van der Waals surface area (Å²) < 4.78 is 51.0. The van der Waals surface area contributed by atoms with Crippen LogP contribution in [-0.2, 0) is 12.7 Å². The van der Waals surface area contributed by atoms with Crippen LogP contribution in [0.3, 0.4) is 0 Å². The molecule has 2 aliphatic rings. The van der Waals surface area contributed by atoms with Crippen LogP contribution in [0.2, 0.25) is 0 Å². The van der Waals surface area contributed by atoms with Crippen molar-refractivity contribution in [1.82, 2.24) is 14.8 Å². The Hall–Kier alpha value is -2.69. The normalized spacial score (nSPS) is 17.7. The average molecular weight is 426 g/mol. The number of anilines is 1. The van der Waals surface area contributed by atoms with Crippen LogP contribution in [0, 0.1) is 5.82 Å². The monoisotopic (exact) mass is 426 g/mol. The molecule has 1 aromatic heterocycles. The molecule has 4 rings (SSSR count). The molecule has 3 heterocycles. The van der Waals surface area contributed by atoms with E-state index >= 15 is 0 Å². The van der Waals surface area contributed by atoms with Gasteiger partial charge in [0.2, 0.25) is 5.96 Å². The molecule has 0 radical (unpaired) electrons. The van der Waals surface area contributed by atoms with Crippen LogP contribution < -0.4 is 4.90 Å². The van der Waals surface area contributed by atoms with Gasteiger partial charge in [-0.1, -0.05) is 0 Å². The summed E-state index contributed by atoms with van der Waals surface area (Å²) in [6.45, 7) is 3.54. The number of aromatic nitrogens is 1. The van der Waals surface area contributed by atoms with Crippen molar-refractivity contribution in [3.05, 3.63) is 46.2 Å². The summed E-state index contributed by atoms with van der Waals surface area (Å²) >= 11 is 0.591. The minimum Gasteiger partial charge on any atom is -0.368 e. The quantitative estimate of drug-likeness (QED) is 0.707. The zero-order chi connectivity index (χ0) is 20.4. The van der Waals surface area contributed by atoms with E-state index in [2.05, 4.69) is 24.8 Å². The number of aliphatic imine (C=N–C) groups is 2. The van der Waals surface area contributed by atoms with Crippen LogP contribution in [0.5, 0.6) is 0 Å². The van der Waals surface area contributed by atoms with Gasteiger partial charge < -0.3 is 14.7 Å². The van der Waals surface area contributed by atoms with Crippen molar-refractivity contribution in [2.75, 3.05) is 37.7 Å². The summed E-state index contributed by atoms with van der Waals surface area (Å²) in [7, 11) is 0. The van der Waals surface area contributed by atoms with Gasteiger partial charge in [-0.3, -0.25) is 0 Å². The number of alkyl halides is 3. The predicted molar refractivity (Wildman–Crippen MR) is 104 cm³/mol. The molecule has 0 amide bonds. The highest BCUT2D eigenvalue weighted by Crippen LogP contribution is 2.31. The number of thiazole rings is 1. The molecule has 1 fully saturated rings. The summed E-state index contributed by atoms with van der Waals surface area (Å²) in [5.74, 6) is 0.365. The number of hydrogen-bond acceptors (Lipinski definition) is 7. The Morgan fingerprint density at radius 2 is 1.69 bits per heavy atom. The molecule has 0 bridgehead atoms. The third kappa shape index (κ3) is 4.66. The fraction of sp³-hybridized carbons (Fsp3) is 0.389. The molecular weight excluding hydrogens is 408 g/mol. The molecule has 0 spiro atoms. The summed E-state index contributed by atoms with van der Waals surface area (Å²) in [5.41, 5.74) is 1.33. The van der Waals surface area contributed by atoms with Gasteiger partial charge in [-0.2, -0.15) is 13.2 Å².